The first-order valence-corrected chi connectivity index (χ1v) is 7.71. The molecule has 0 N–H and O–H groups in total. The molecule has 23 heavy (non-hydrogen) atoms. The quantitative estimate of drug-likeness (QED) is 0.869. The number of aromatic nitrogens is 1. The van der Waals surface area contributed by atoms with E-state index in [1.807, 2.05) is 32.9 Å². The van der Waals surface area contributed by atoms with Crippen LogP contribution in [0.4, 0.5) is 0 Å². The van der Waals surface area contributed by atoms with Crippen molar-refractivity contribution in [1.82, 2.24) is 9.88 Å². The SMILES string of the molecule is COC[C@H]1CN(C(=O)c2cc3nc(C)ccc3o2)CC(C)(C)O1. The molecule has 124 valence electrons. The van der Waals surface area contributed by atoms with E-state index in [0.29, 0.717) is 36.6 Å². The molecule has 0 aliphatic carbocycles. The summed E-state index contributed by atoms with van der Waals surface area (Å²) < 4.78 is 16.8. The number of hydrogen-bond acceptors (Lipinski definition) is 5. The van der Waals surface area contributed by atoms with Crippen LogP contribution in [-0.2, 0) is 9.47 Å². The minimum absolute atomic E-state index is 0.141. The molecule has 1 fully saturated rings. The highest BCUT2D eigenvalue weighted by Gasteiger charge is 2.36. The summed E-state index contributed by atoms with van der Waals surface area (Å²) in [6, 6.07) is 5.41. The summed E-state index contributed by atoms with van der Waals surface area (Å²) in [5.74, 6) is 0.171. The predicted octanol–water partition coefficient (Wildman–Crippen LogP) is 2.40. The molecular weight excluding hydrogens is 296 g/mol. The first-order valence-electron chi connectivity index (χ1n) is 7.71. The van der Waals surface area contributed by atoms with Gasteiger partial charge in [0.05, 0.1) is 18.3 Å². The first-order chi connectivity index (χ1) is 10.9. The second-order valence-corrected chi connectivity index (χ2v) is 6.59. The molecule has 6 nitrogen and oxygen atoms in total. The molecule has 3 heterocycles. The van der Waals surface area contributed by atoms with E-state index in [1.54, 1.807) is 18.1 Å². The molecule has 3 rings (SSSR count). The Morgan fingerprint density at radius 3 is 3.00 bits per heavy atom. The lowest BCUT2D eigenvalue weighted by molar-refractivity contribution is -0.143. The van der Waals surface area contributed by atoms with Gasteiger partial charge in [0.25, 0.3) is 5.91 Å². The van der Waals surface area contributed by atoms with E-state index < -0.39 is 5.60 Å². The second kappa shape index (κ2) is 5.94. The Bertz CT molecular complexity index is 722. The fourth-order valence-corrected chi connectivity index (χ4v) is 3.01. The zero-order valence-corrected chi connectivity index (χ0v) is 14.0. The maximum absolute atomic E-state index is 12.8. The van der Waals surface area contributed by atoms with Gasteiger partial charge in [-0.25, -0.2) is 4.98 Å². The maximum Gasteiger partial charge on any atom is 0.289 e. The normalized spacial score (nSPS) is 20.9. The Morgan fingerprint density at radius 2 is 2.26 bits per heavy atom. The van der Waals surface area contributed by atoms with Gasteiger partial charge in [0.15, 0.2) is 11.3 Å². The van der Waals surface area contributed by atoms with Crippen molar-refractivity contribution >= 4 is 17.0 Å². The van der Waals surface area contributed by atoms with Gasteiger partial charge >= 0.3 is 0 Å². The van der Waals surface area contributed by atoms with E-state index in [2.05, 4.69) is 4.98 Å². The second-order valence-electron chi connectivity index (χ2n) is 6.59. The standard InChI is InChI=1S/C17H22N2O4/c1-11-5-6-14-13(18-11)7-15(22-14)16(20)19-8-12(9-21-4)23-17(2,3)10-19/h5-7,12H,8-10H2,1-4H3/t12-/m1/s1. The molecule has 0 aromatic carbocycles. The molecule has 1 aliphatic rings. The average molecular weight is 318 g/mol. The van der Waals surface area contributed by atoms with Crippen molar-refractivity contribution < 1.29 is 18.7 Å². The van der Waals surface area contributed by atoms with Gasteiger partial charge in [0.1, 0.15) is 5.52 Å². The van der Waals surface area contributed by atoms with Crippen molar-refractivity contribution in [1.29, 1.82) is 0 Å². The van der Waals surface area contributed by atoms with Crippen LogP contribution in [0.25, 0.3) is 11.1 Å². The lowest BCUT2D eigenvalue weighted by Gasteiger charge is -2.42. The molecule has 1 aliphatic heterocycles. The number of furan rings is 1. The molecular formula is C17H22N2O4. The Hall–Kier alpha value is -1.92. The predicted molar refractivity (Wildman–Crippen MR) is 85.5 cm³/mol. The maximum atomic E-state index is 12.8. The molecule has 0 bridgehead atoms. The largest absolute Gasteiger partial charge is 0.449 e. The van der Waals surface area contributed by atoms with Crippen LogP contribution in [0.2, 0.25) is 0 Å². The number of nitrogens with zero attached hydrogens (tertiary/aromatic N) is 2. The highest BCUT2D eigenvalue weighted by molar-refractivity contribution is 5.95. The van der Waals surface area contributed by atoms with E-state index in [-0.39, 0.29) is 12.0 Å². The first kappa shape index (κ1) is 16.0. The lowest BCUT2D eigenvalue weighted by Crippen LogP contribution is -2.55. The minimum Gasteiger partial charge on any atom is -0.449 e. The average Bonchev–Trinajstić information content (AvgIpc) is 2.88. The van der Waals surface area contributed by atoms with Gasteiger partial charge in [0.2, 0.25) is 0 Å². The van der Waals surface area contributed by atoms with Gasteiger partial charge in [-0.1, -0.05) is 0 Å². The zero-order valence-electron chi connectivity index (χ0n) is 14.0. The van der Waals surface area contributed by atoms with Crippen LogP contribution in [-0.4, -0.2) is 54.3 Å². The lowest BCUT2D eigenvalue weighted by atomic mass is 10.0. The summed E-state index contributed by atoms with van der Waals surface area (Å²) in [5.41, 5.74) is 1.80. The van der Waals surface area contributed by atoms with Crippen LogP contribution < -0.4 is 0 Å². The fraction of sp³-hybridized carbons (Fsp3) is 0.529. The molecule has 0 unspecified atom stereocenters. The molecule has 2 aromatic rings. The molecule has 2 aromatic heterocycles. The number of ether oxygens (including phenoxy) is 2. The van der Waals surface area contributed by atoms with E-state index in [9.17, 15) is 4.79 Å². The molecule has 1 amide bonds. The molecule has 1 atom stereocenters. The van der Waals surface area contributed by atoms with Gasteiger partial charge in [-0.05, 0) is 32.9 Å². The Kier molecular flexibility index (Phi) is 4.12. The van der Waals surface area contributed by atoms with Gasteiger partial charge in [-0.15, -0.1) is 0 Å². The number of fused-ring (bicyclic) bond motifs is 1. The van der Waals surface area contributed by atoms with Crippen LogP contribution >= 0.6 is 0 Å². The number of pyridine rings is 1. The minimum atomic E-state index is -0.419. The monoisotopic (exact) mass is 318 g/mol. The van der Waals surface area contributed by atoms with Gasteiger partial charge in [-0.2, -0.15) is 0 Å². The summed E-state index contributed by atoms with van der Waals surface area (Å²) >= 11 is 0. The highest BCUT2D eigenvalue weighted by Crippen LogP contribution is 2.25. The fourth-order valence-electron chi connectivity index (χ4n) is 3.01. The van der Waals surface area contributed by atoms with Crippen LogP contribution in [0.5, 0.6) is 0 Å². The van der Waals surface area contributed by atoms with Crippen LogP contribution in [0.15, 0.2) is 22.6 Å². The molecule has 0 radical (unpaired) electrons. The molecule has 1 saturated heterocycles. The summed E-state index contributed by atoms with van der Waals surface area (Å²) in [7, 11) is 1.63. The number of aryl methyl sites for hydroxylation is 1. The van der Waals surface area contributed by atoms with Crippen molar-refractivity contribution in [2.45, 2.75) is 32.5 Å². The van der Waals surface area contributed by atoms with Crippen LogP contribution in [0, 0.1) is 6.92 Å². The summed E-state index contributed by atoms with van der Waals surface area (Å²) in [6.45, 7) is 7.30. The molecule has 6 heteroatoms. The van der Waals surface area contributed by atoms with Crippen molar-refractivity contribution in [3.05, 3.63) is 29.7 Å². The number of hydrogen-bond donors (Lipinski definition) is 0. The van der Waals surface area contributed by atoms with E-state index >= 15 is 0 Å². The van der Waals surface area contributed by atoms with E-state index in [0.717, 1.165) is 5.69 Å². The summed E-state index contributed by atoms with van der Waals surface area (Å²) in [5, 5.41) is 0. The third-order valence-corrected chi connectivity index (χ3v) is 3.84. The third-order valence-electron chi connectivity index (χ3n) is 3.84. The number of carbonyl (C=O) groups is 1. The van der Waals surface area contributed by atoms with Crippen molar-refractivity contribution in [2.24, 2.45) is 0 Å². The molecule has 0 spiro atoms. The third kappa shape index (κ3) is 3.38. The van der Waals surface area contributed by atoms with Gasteiger partial charge in [0, 0.05) is 32.0 Å². The van der Waals surface area contributed by atoms with Gasteiger partial charge < -0.3 is 18.8 Å². The van der Waals surface area contributed by atoms with Crippen molar-refractivity contribution in [3.8, 4) is 0 Å². The zero-order chi connectivity index (χ0) is 16.6. The topological polar surface area (TPSA) is 64.8 Å². The highest BCUT2D eigenvalue weighted by atomic mass is 16.5. The summed E-state index contributed by atoms with van der Waals surface area (Å²) in [6.07, 6.45) is -0.141. The number of rotatable bonds is 3. The van der Waals surface area contributed by atoms with E-state index in [1.165, 1.54) is 0 Å². The van der Waals surface area contributed by atoms with Gasteiger partial charge in [-0.3, -0.25) is 4.79 Å². The number of carbonyl (C=O) groups excluding carboxylic acids is 1. The van der Waals surface area contributed by atoms with E-state index in [4.69, 9.17) is 13.9 Å². The Morgan fingerprint density at radius 1 is 1.48 bits per heavy atom. The Labute approximate surface area is 135 Å². The summed E-state index contributed by atoms with van der Waals surface area (Å²) in [4.78, 5) is 18.9. The van der Waals surface area contributed by atoms with Crippen LogP contribution in [0.1, 0.15) is 30.1 Å². The number of amides is 1. The Balaban J connectivity index is 1.85. The van der Waals surface area contributed by atoms with Crippen molar-refractivity contribution in [2.75, 3.05) is 26.8 Å². The van der Waals surface area contributed by atoms with Crippen LogP contribution in [0.3, 0.4) is 0 Å². The number of methoxy groups -OCH3 is 1. The smallest absolute Gasteiger partial charge is 0.289 e. The molecule has 0 saturated carbocycles. The number of morpholine rings is 1. The van der Waals surface area contributed by atoms with Crippen molar-refractivity contribution in [3.63, 3.8) is 0 Å².